The minimum absolute atomic E-state index is 0.134. The highest BCUT2D eigenvalue weighted by Crippen LogP contribution is 2.30. The third-order valence-corrected chi connectivity index (χ3v) is 5.08. The lowest BCUT2D eigenvalue weighted by atomic mass is 10.1. The summed E-state index contributed by atoms with van der Waals surface area (Å²) in [5.41, 5.74) is 0.987. The van der Waals surface area contributed by atoms with Crippen molar-refractivity contribution in [2.45, 2.75) is 58.2 Å². The molecule has 1 aromatic carbocycles. The van der Waals surface area contributed by atoms with Crippen molar-refractivity contribution >= 4 is 6.03 Å². The van der Waals surface area contributed by atoms with Crippen molar-refractivity contribution in [3.8, 4) is 11.5 Å². The molecule has 28 heavy (non-hydrogen) atoms. The predicted molar refractivity (Wildman–Crippen MR) is 103 cm³/mol. The first-order chi connectivity index (χ1) is 13.5. The molecule has 0 aliphatic heterocycles. The largest absolute Gasteiger partial charge is 0.493 e. The standard InChI is InChI=1S/C20H28N4O4/c1-13(19-22-14(2)23-28-19)21-20(25)24(16-7-5-6-8-16)12-15-9-10-17(26-3)18(11-15)27-4/h9-11,13,16H,5-8,12H2,1-4H3,(H,21,25). The first kappa shape index (κ1) is 20.0. The molecular formula is C20H28N4O4. The predicted octanol–water partition coefficient (Wildman–Crippen LogP) is 3.61. The molecule has 152 valence electrons. The Morgan fingerprint density at radius 3 is 2.61 bits per heavy atom. The van der Waals surface area contributed by atoms with Crippen LogP contribution in [0.5, 0.6) is 11.5 Å². The van der Waals surface area contributed by atoms with Crippen LogP contribution in [0.15, 0.2) is 22.7 Å². The van der Waals surface area contributed by atoms with Crippen molar-refractivity contribution in [1.29, 1.82) is 0 Å². The summed E-state index contributed by atoms with van der Waals surface area (Å²) >= 11 is 0. The topological polar surface area (TPSA) is 89.7 Å². The summed E-state index contributed by atoms with van der Waals surface area (Å²) < 4.78 is 15.9. The zero-order valence-electron chi connectivity index (χ0n) is 16.9. The molecule has 2 amide bonds. The molecule has 1 N–H and O–H groups in total. The molecular weight excluding hydrogens is 360 g/mol. The molecule has 2 aromatic rings. The van der Waals surface area contributed by atoms with E-state index in [9.17, 15) is 4.79 Å². The minimum atomic E-state index is -0.358. The second-order valence-electron chi connectivity index (χ2n) is 7.11. The first-order valence-corrected chi connectivity index (χ1v) is 9.60. The number of aromatic nitrogens is 2. The summed E-state index contributed by atoms with van der Waals surface area (Å²) in [4.78, 5) is 19.2. The van der Waals surface area contributed by atoms with Crippen LogP contribution in [0.3, 0.4) is 0 Å². The number of rotatable bonds is 7. The Labute approximate surface area is 165 Å². The van der Waals surface area contributed by atoms with Crippen molar-refractivity contribution in [2.75, 3.05) is 14.2 Å². The summed E-state index contributed by atoms with van der Waals surface area (Å²) in [7, 11) is 3.22. The molecule has 0 saturated heterocycles. The molecule has 8 nitrogen and oxygen atoms in total. The van der Waals surface area contributed by atoms with Crippen LogP contribution in [0.2, 0.25) is 0 Å². The van der Waals surface area contributed by atoms with Crippen molar-refractivity contribution in [2.24, 2.45) is 0 Å². The van der Waals surface area contributed by atoms with Gasteiger partial charge in [0.1, 0.15) is 6.04 Å². The van der Waals surface area contributed by atoms with Crippen molar-refractivity contribution < 1.29 is 18.8 Å². The van der Waals surface area contributed by atoms with Crippen molar-refractivity contribution in [3.63, 3.8) is 0 Å². The Morgan fingerprint density at radius 2 is 2.00 bits per heavy atom. The van der Waals surface area contributed by atoms with Gasteiger partial charge in [0, 0.05) is 12.6 Å². The lowest BCUT2D eigenvalue weighted by Crippen LogP contribution is -2.45. The number of aryl methyl sites for hydroxylation is 1. The maximum absolute atomic E-state index is 13.1. The maximum Gasteiger partial charge on any atom is 0.318 e. The van der Waals surface area contributed by atoms with Crippen LogP contribution >= 0.6 is 0 Å². The summed E-state index contributed by atoms with van der Waals surface area (Å²) in [6.07, 6.45) is 4.29. The average Bonchev–Trinajstić information content (AvgIpc) is 3.37. The quantitative estimate of drug-likeness (QED) is 0.779. The van der Waals surface area contributed by atoms with Gasteiger partial charge in [0.25, 0.3) is 0 Å². The van der Waals surface area contributed by atoms with Crippen molar-refractivity contribution in [1.82, 2.24) is 20.4 Å². The van der Waals surface area contributed by atoms with E-state index in [-0.39, 0.29) is 18.1 Å². The van der Waals surface area contributed by atoms with Crippen LogP contribution in [0.1, 0.15) is 55.9 Å². The normalized spacial score (nSPS) is 15.3. The number of carbonyl (C=O) groups is 1. The Bertz CT molecular complexity index is 801. The number of benzene rings is 1. The number of hydrogen-bond donors (Lipinski definition) is 1. The second-order valence-corrected chi connectivity index (χ2v) is 7.11. The zero-order chi connectivity index (χ0) is 20.1. The molecule has 3 rings (SSSR count). The summed E-state index contributed by atoms with van der Waals surface area (Å²) in [5.74, 6) is 2.28. The van der Waals surface area contributed by atoms with E-state index in [4.69, 9.17) is 14.0 Å². The average molecular weight is 388 g/mol. The molecule has 1 aromatic heterocycles. The van der Waals surface area contributed by atoms with Gasteiger partial charge in [0.15, 0.2) is 17.3 Å². The van der Waals surface area contributed by atoms with Gasteiger partial charge >= 0.3 is 6.03 Å². The fourth-order valence-electron chi connectivity index (χ4n) is 3.58. The molecule has 8 heteroatoms. The number of hydrogen-bond acceptors (Lipinski definition) is 6. The van der Waals surface area contributed by atoms with Gasteiger partial charge in [-0.05, 0) is 44.4 Å². The minimum Gasteiger partial charge on any atom is -0.493 e. The van der Waals surface area contributed by atoms with Gasteiger partial charge in [-0.15, -0.1) is 0 Å². The Morgan fingerprint density at radius 1 is 1.29 bits per heavy atom. The summed E-state index contributed by atoms with van der Waals surface area (Å²) in [6.45, 7) is 4.09. The molecule has 1 unspecified atom stereocenters. The highest BCUT2D eigenvalue weighted by atomic mass is 16.5. The summed E-state index contributed by atoms with van der Waals surface area (Å²) in [5, 5.41) is 6.79. The Hall–Kier alpha value is -2.77. The second kappa shape index (κ2) is 8.95. The van der Waals surface area contributed by atoms with E-state index in [1.165, 1.54) is 0 Å². The van der Waals surface area contributed by atoms with E-state index in [1.807, 2.05) is 30.0 Å². The van der Waals surface area contributed by atoms with Gasteiger partial charge < -0.3 is 24.2 Å². The molecule has 0 radical (unpaired) electrons. The number of ether oxygens (including phenoxy) is 2. The fourth-order valence-corrected chi connectivity index (χ4v) is 3.58. The van der Waals surface area contributed by atoms with E-state index in [0.717, 1.165) is 31.2 Å². The van der Waals surface area contributed by atoms with Crippen LogP contribution in [0, 0.1) is 6.92 Å². The van der Waals surface area contributed by atoms with Crippen LogP contribution in [0.4, 0.5) is 4.79 Å². The molecule has 1 aliphatic rings. The van der Waals surface area contributed by atoms with E-state index in [1.54, 1.807) is 21.1 Å². The first-order valence-electron chi connectivity index (χ1n) is 9.60. The lowest BCUT2D eigenvalue weighted by molar-refractivity contribution is 0.165. The third-order valence-electron chi connectivity index (χ3n) is 5.08. The van der Waals surface area contributed by atoms with Gasteiger partial charge in [0.2, 0.25) is 5.89 Å². The van der Waals surface area contributed by atoms with Crippen LogP contribution < -0.4 is 14.8 Å². The van der Waals surface area contributed by atoms with Crippen LogP contribution in [-0.4, -0.2) is 41.3 Å². The molecule has 1 heterocycles. The number of amides is 2. The summed E-state index contributed by atoms with van der Waals surface area (Å²) in [6, 6.07) is 5.46. The molecule has 1 fully saturated rings. The number of nitrogens with one attached hydrogen (secondary N) is 1. The van der Waals surface area contributed by atoms with Gasteiger partial charge in [-0.3, -0.25) is 0 Å². The van der Waals surface area contributed by atoms with Gasteiger partial charge in [-0.2, -0.15) is 4.98 Å². The maximum atomic E-state index is 13.1. The van der Waals surface area contributed by atoms with Gasteiger partial charge in [-0.1, -0.05) is 24.1 Å². The van der Waals surface area contributed by atoms with Crippen LogP contribution in [-0.2, 0) is 6.54 Å². The smallest absolute Gasteiger partial charge is 0.318 e. The Kier molecular flexibility index (Phi) is 6.38. The van der Waals surface area contributed by atoms with E-state index in [2.05, 4.69) is 15.5 Å². The highest BCUT2D eigenvalue weighted by Gasteiger charge is 2.29. The molecule has 0 spiro atoms. The van der Waals surface area contributed by atoms with E-state index < -0.39 is 0 Å². The Balaban J connectivity index is 1.76. The van der Waals surface area contributed by atoms with E-state index in [0.29, 0.717) is 29.8 Å². The van der Waals surface area contributed by atoms with Gasteiger partial charge in [-0.25, -0.2) is 4.79 Å². The van der Waals surface area contributed by atoms with Gasteiger partial charge in [0.05, 0.1) is 14.2 Å². The fraction of sp³-hybridized carbons (Fsp3) is 0.550. The molecule has 1 aliphatic carbocycles. The molecule has 1 atom stereocenters. The monoisotopic (exact) mass is 388 g/mol. The highest BCUT2D eigenvalue weighted by molar-refractivity contribution is 5.75. The van der Waals surface area contributed by atoms with E-state index >= 15 is 0 Å². The van der Waals surface area contributed by atoms with Crippen LogP contribution in [0.25, 0.3) is 0 Å². The lowest BCUT2D eigenvalue weighted by Gasteiger charge is -2.30. The SMILES string of the molecule is COc1ccc(CN(C(=O)NC(C)c2nc(C)no2)C2CCCC2)cc1OC. The number of carbonyl (C=O) groups excluding carboxylic acids is 1. The number of methoxy groups -OCH3 is 2. The molecule has 1 saturated carbocycles. The van der Waals surface area contributed by atoms with Crippen molar-refractivity contribution in [3.05, 3.63) is 35.5 Å². The number of nitrogens with zero attached hydrogens (tertiary/aromatic N) is 3. The number of urea groups is 1. The molecule has 0 bridgehead atoms. The third kappa shape index (κ3) is 4.55. The zero-order valence-corrected chi connectivity index (χ0v) is 16.9.